The number of fused-ring (bicyclic) bond motifs is 1. The highest BCUT2D eigenvalue weighted by Crippen LogP contribution is 2.55. The van der Waals surface area contributed by atoms with Gasteiger partial charge in [-0.05, 0) is 23.2 Å². The summed E-state index contributed by atoms with van der Waals surface area (Å²) in [7, 11) is -9.37. The molecular weight excluding hydrogens is 547 g/mol. The topological polar surface area (TPSA) is 189 Å². The van der Waals surface area contributed by atoms with Gasteiger partial charge in [0.15, 0.2) is 17.8 Å². The van der Waals surface area contributed by atoms with Gasteiger partial charge in [-0.2, -0.15) is 15.1 Å². The number of nitrogens with zero attached hydrogens (tertiary/aromatic N) is 4. The Balaban J connectivity index is 1.49. The molecule has 5 N–H and O–H groups in total. The van der Waals surface area contributed by atoms with Crippen LogP contribution < -0.4 is 5.32 Å². The van der Waals surface area contributed by atoms with Crippen molar-refractivity contribution in [3.63, 3.8) is 0 Å². The summed E-state index contributed by atoms with van der Waals surface area (Å²) < 4.78 is 34.8. The molecule has 0 bridgehead atoms. The molecule has 1 saturated heterocycles. The van der Waals surface area contributed by atoms with Crippen molar-refractivity contribution >= 4 is 55.2 Å². The number of anilines is 1. The van der Waals surface area contributed by atoms with E-state index in [4.69, 9.17) is 42.2 Å². The van der Waals surface area contributed by atoms with Gasteiger partial charge in [-0.1, -0.05) is 29.8 Å². The van der Waals surface area contributed by atoms with E-state index in [9.17, 15) is 19.1 Å². The molecular formula is C18H21Cl2N5O8P2. The molecule has 17 heteroatoms. The van der Waals surface area contributed by atoms with Crippen molar-refractivity contribution in [2.75, 3.05) is 17.8 Å². The number of aliphatic hydroxyl groups excluding tert-OH is 1. The maximum Gasteiger partial charge on any atom is 0.340 e. The lowest BCUT2D eigenvalue weighted by atomic mass is 10.2. The van der Waals surface area contributed by atoms with Crippen LogP contribution in [0, 0.1) is 0 Å². The van der Waals surface area contributed by atoms with Crippen LogP contribution in [0.3, 0.4) is 0 Å². The van der Waals surface area contributed by atoms with Gasteiger partial charge >= 0.3 is 15.2 Å². The first-order valence-electron chi connectivity index (χ1n) is 10.1. The summed E-state index contributed by atoms with van der Waals surface area (Å²) in [6, 6.07) is 7.30. The molecule has 0 spiro atoms. The van der Waals surface area contributed by atoms with E-state index in [-0.39, 0.29) is 11.7 Å². The minimum absolute atomic E-state index is 0.0447. The summed E-state index contributed by atoms with van der Waals surface area (Å²) in [5, 5.41) is 18.8. The van der Waals surface area contributed by atoms with E-state index in [1.54, 1.807) is 6.07 Å². The first kappa shape index (κ1) is 26.4. The molecule has 1 fully saturated rings. The third-order valence-corrected chi connectivity index (χ3v) is 9.10. The minimum atomic E-state index is -4.78. The number of nitrogens with one attached hydrogen (secondary N) is 1. The summed E-state index contributed by atoms with van der Waals surface area (Å²) in [4.78, 5) is 35.9. The second-order valence-electron chi connectivity index (χ2n) is 7.78. The van der Waals surface area contributed by atoms with Gasteiger partial charge in [-0.25, -0.2) is 4.68 Å². The molecule has 1 aliphatic heterocycles. The monoisotopic (exact) mass is 567 g/mol. The van der Waals surface area contributed by atoms with E-state index in [0.29, 0.717) is 28.4 Å². The van der Waals surface area contributed by atoms with Crippen molar-refractivity contribution in [3.05, 3.63) is 46.3 Å². The molecule has 2 aromatic heterocycles. The fourth-order valence-electron chi connectivity index (χ4n) is 3.54. The Labute approximate surface area is 208 Å². The van der Waals surface area contributed by atoms with Gasteiger partial charge in [0, 0.05) is 18.0 Å². The standard InChI is InChI=1S/C18H21Cl2N5O8P2/c19-12-4-2-1-3-10(12)6-21-16-11-7-22-25(17(11)24-18(20)23-16)15-5-13(26)14(33-15)8-32-35(30,31)9-34(27,28)29/h1-4,7,13-15,26H,5-6,8-9H2,(H,30,31)(H,21,23,24)(H2,27,28,29)/t13-,14+,15+/m0/s1. The van der Waals surface area contributed by atoms with Crippen LogP contribution in [0.2, 0.25) is 10.3 Å². The molecule has 35 heavy (non-hydrogen) atoms. The molecule has 4 rings (SSSR count). The summed E-state index contributed by atoms with van der Waals surface area (Å²) in [5.41, 5.74) is 1.16. The van der Waals surface area contributed by atoms with E-state index in [0.717, 1.165) is 5.56 Å². The van der Waals surface area contributed by atoms with E-state index in [2.05, 4.69) is 20.4 Å². The lowest BCUT2D eigenvalue weighted by Gasteiger charge is -2.18. The van der Waals surface area contributed by atoms with Crippen molar-refractivity contribution in [1.82, 2.24) is 19.7 Å². The molecule has 0 saturated carbocycles. The van der Waals surface area contributed by atoms with Gasteiger partial charge in [0.05, 0.1) is 24.3 Å². The number of hydrogen-bond donors (Lipinski definition) is 5. The Kier molecular flexibility index (Phi) is 7.85. The molecule has 13 nitrogen and oxygen atoms in total. The van der Waals surface area contributed by atoms with E-state index >= 15 is 0 Å². The fourth-order valence-corrected chi connectivity index (χ4v) is 6.48. The summed E-state index contributed by atoms with van der Waals surface area (Å²) >= 11 is 12.3. The highest BCUT2D eigenvalue weighted by atomic mass is 35.5. The predicted molar refractivity (Wildman–Crippen MR) is 126 cm³/mol. The fraction of sp³-hybridized carbons (Fsp3) is 0.389. The SMILES string of the molecule is O=P(O)(O)CP(=O)(O)OC[C@H]1O[C@@H](n2ncc3c(NCc4ccccc4Cl)nc(Cl)nc32)C[C@@H]1O. The number of aromatic nitrogens is 4. The first-order chi connectivity index (χ1) is 16.4. The number of ether oxygens (including phenoxy) is 1. The van der Waals surface area contributed by atoms with E-state index < -0.39 is 46.1 Å². The molecule has 4 atom stereocenters. The first-order valence-corrected chi connectivity index (χ1v) is 14.5. The molecule has 0 radical (unpaired) electrons. The molecule has 0 amide bonds. The molecule has 3 aromatic rings. The Morgan fingerprint density at radius 2 is 1.94 bits per heavy atom. The third-order valence-electron chi connectivity index (χ3n) is 5.11. The van der Waals surface area contributed by atoms with Crippen molar-refractivity contribution in [2.45, 2.75) is 31.4 Å². The molecule has 3 heterocycles. The molecule has 1 aromatic carbocycles. The van der Waals surface area contributed by atoms with Crippen LogP contribution in [0.15, 0.2) is 30.5 Å². The van der Waals surface area contributed by atoms with Crippen molar-refractivity contribution in [1.29, 1.82) is 0 Å². The van der Waals surface area contributed by atoms with Gasteiger partial charge < -0.3 is 34.4 Å². The smallest absolute Gasteiger partial charge is 0.340 e. The van der Waals surface area contributed by atoms with E-state index in [1.165, 1.54) is 10.9 Å². The van der Waals surface area contributed by atoms with Crippen LogP contribution in [0.5, 0.6) is 0 Å². The Morgan fingerprint density at radius 3 is 2.66 bits per heavy atom. The second-order valence-corrected chi connectivity index (χ2v) is 12.5. The Hall–Kier alpha value is -1.63. The number of benzene rings is 1. The van der Waals surface area contributed by atoms with Crippen LogP contribution in [0.4, 0.5) is 5.82 Å². The largest absolute Gasteiger partial charge is 0.390 e. The van der Waals surface area contributed by atoms with Crippen molar-refractivity contribution in [3.8, 4) is 0 Å². The summed E-state index contributed by atoms with van der Waals surface area (Å²) in [6.07, 6.45) is -1.43. The maximum absolute atomic E-state index is 11.9. The molecule has 1 unspecified atom stereocenters. The number of aliphatic hydroxyl groups is 1. The van der Waals surface area contributed by atoms with Crippen molar-refractivity contribution in [2.24, 2.45) is 0 Å². The van der Waals surface area contributed by atoms with Crippen LogP contribution in [-0.2, 0) is 24.9 Å². The highest BCUT2D eigenvalue weighted by Gasteiger charge is 2.39. The molecule has 190 valence electrons. The van der Waals surface area contributed by atoms with Gasteiger partial charge in [-0.15, -0.1) is 0 Å². The Morgan fingerprint density at radius 1 is 1.20 bits per heavy atom. The van der Waals surface area contributed by atoms with Crippen LogP contribution in [-0.4, -0.2) is 64.3 Å². The highest BCUT2D eigenvalue weighted by molar-refractivity contribution is 7.70. The van der Waals surface area contributed by atoms with Gasteiger partial charge in [0.25, 0.3) is 0 Å². The van der Waals surface area contributed by atoms with Gasteiger partial charge in [0.1, 0.15) is 11.9 Å². The zero-order valence-electron chi connectivity index (χ0n) is 17.8. The maximum atomic E-state index is 11.9. The lowest BCUT2D eigenvalue weighted by Crippen LogP contribution is -2.26. The summed E-state index contributed by atoms with van der Waals surface area (Å²) in [5.74, 6) is -0.932. The number of rotatable bonds is 9. The van der Waals surface area contributed by atoms with Crippen LogP contribution in [0.1, 0.15) is 18.2 Å². The average molecular weight is 568 g/mol. The van der Waals surface area contributed by atoms with Crippen LogP contribution >= 0.6 is 38.4 Å². The lowest BCUT2D eigenvalue weighted by molar-refractivity contribution is -0.0434. The van der Waals surface area contributed by atoms with E-state index in [1.807, 2.05) is 18.2 Å². The molecule has 0 aliphatic carbocycles. The summed E-state index contributed by atoms with van der Waals surface area (Å²) in [6.45, 7) is -0.202. The zero-order valence-corrected chi connectivity index (χ0v) is 21.1. The zero-order chi connectivity index (χ0) is 25.4. The van der Waals surface area contributed by atoms with Crippen LogP contribution in [0.25, 0.3) is 11.0 Å². The predicted octanol–water partition coefficient (Wildman–Crippen LogP) is 2.73. The minimum Gasteiger partial charge on any atom is -0.390 e. The van der Waals surface area contributed by atoms with Gasteiger partial charge in [-0.3, -0.25) is 9.13 Å². The molecule has 1 aliphatic rings. The average Bonchev–Trinajstić information content (AvgIpc) is 3.33. The van der Waals surface area contributed by atoms with Gasteiger partial charge in [0.2, 0.25) is 5.28 Å². The number of halogens is 2. The third kappa shape index (κ3) is 6.58. The normalized spacial score (nSPS) is 22.4. The Bertz CT molecular complexity index is 1320. The van der Waals surface area contributed by atoms with Crippen molar-refractivity contribution < 1.29 is 38.2 Å². The quantitative estimate of drug-likeness (QED) is 0.188. The second kappa shape index (κ2) is 10.4. The number of hydrogen-bond acceptors (Lipinski definition) is 9.